The third-order valence-corrected chi connectivity index (χ3v) is 6.28. The van der Waals surface area contributed by atoms with E-state index in [1.165, 1.54) is 15.9 Å². The van der Waals surface area contributed by atoms with Crippen molar-refractivity contribution < 1.29 is 0 Å². The molecular weight excluding hydrogens is 434 g/mol. The van der Waals surface area contributed by atoms with Crippen molar-refractivity contribution in [3.8, 4) is 5.69 Å². The topological polar surface area (TPSA) is 65.1 Å². The number of aryl methyl sites for hydroxylation is 1. The number of hydrogen-bond acceptors (Lipinski definition) is 6. The molecule has 0 saturated carbocycles. The predicted molar refractivity (Wildman–Crippen MR) is 107 cm³/mol. The summed E-state index contributed by atoms with van der Waals surface area (Å²) in [4.78, 5) is 21.9. The van der Waals surface area contributed by atoms with Gasteiger partial charge in [-0.2, -0.15) is 9.61 Å². The quantitative estimate of drug-likeness (QED) is 0.433. The number of rotatable bonds is 5. The fourth-order valence-corrected chi connectivity index (χ4v) is 4.43. The van der Waals surface area contributed by atoms with Gasteiger partial charge in [-0.15, -0.1) is 0 Å². The highest BCUT2D eigenvalue weighted by atomic mass is 79.9. The van der Waals surface area contributed by atoms with Gasteiger partial charge in [0.2, 0.25) is 4.96 Å². The standard InChI is InChI=1S/C17H14BrN5OS2/c1-2-14-21-23-15(24)9-12(20-17(23)26-14)10-25-16-19-7-8-22(16)13-5-3-11(18)4-6-13/h3-9H,2,10H2,1H3. The van der Waals surface area contributed by atoms with Gasteiger partial charge >= 0.3 is 0 Å². The lowest BCUT2D eigenvalue weighted by Crippen LogP contribution is -2.15. The van der Waals surface area contributed by atoms with Gasteiger partial charge in [-0.25, -0.2) is 9.97 Å². The minimum absolute atomic E-state index is 0.141. The Kier molecular flexibility index (Phi) is 4.92. The number of halogens is 1. The summed E-state index contributed by atoms with van der Waals surface area (Å²) >= 11 is 6.45. The number of aromatic nitrogens is 5. The Morgan fingerprint density at radius 2 is 2.08 bits per heavy atom. The van der Waals surface area contributed by atoms with E-state index < -0.39 is 0 Å². The van der Waals surface area contributed by atoms with Crippen LogP contribution in [0.3, 0.4) is 0 Å². The summed E-state index contributed by atoms with van der Waals surface area (Å²) in [7, 11) is 0. The van der Waals surface area contributed by atoms with Crippen LogP contribution in [-0.4, -0.2) is 24.1 Å². The first kappa shape index (κ1) is 17.4. The Labute approximate surface area is 166 Å². The highest BCUT2D eigenvalue weighted by Gasteiger charge is 2.11. The lowest BCUT2D eigenvalue weighted by molar-refractivity contribution is 0.851. The fraction of sp³-hybridized carbons (Fsp3) is 0.176. The van der Waals surface area contributed by atoms with Crippen molar-refractivity contribution in [3.63, 3.8) is 0 Å². The number of thioether (sulfide) groups is 1. The molecule has 0 unspecified atom stereocenters. The molecule has 0 fully saturated rings. The van der Waals surface area contributed by atoms with E-state index in [4.69, 9.17) is 0 Å². The SMILES string of the molecule is CCc1nn2c(=O)cc(CSc3nccn3-c3ccc(Br)cc3)nc2s1. The third kappa shape index (κ3) is 3.46. The summed E-state index contributed by atoms with van der Waals surface area (Å²) < 4.78 is 4.43. The summed E-state index contributed by atoms with van der Waals surface area (Å²) in [6.45, 7) is 2.02. The van der Waals surface area contributed by atoms with Crippen molar-refractivity contribution in [1.29, 1.82) is 0 Å². The molecule has 0 N–H and O–H groups in total. The van der Waals surface area contributed by atoms with Crippen LogP contribution < -0.4 is 5.56 Å². The highest BCUT2D eigenvalue weighted by Crippen LogP contribution is 2.24. The predicted octanol–water partition coefficient (Wildman–Crippen LogP) is 3.95. The van der Waals surface area contributed by atoms with Crippen LogP contribution in [0.2, 0.25) is 0 Å². The molecule has 0 atom stereocenters. The van der Waals surface area contributed by atoms with Crippen LogP contribution in [0.5, 0.6) is 0 Å². The van der Waals surface area contributed by atoms with Gasteiger partial charge in [-0.1, -0.05) is 46.0 Å². The van der Waals surface area contributed by atoms with Crippen LogP contribution in [0.25, 0.3) is 10.6 Å². The maximum atomic E-state index is 12.2. The molecule has 132 valence electrons. The molecule has 0 spiro atoms. The van der Waals surface area contributed by atoms with Crippen LogP contribution in [0.4, 0.5) is 0 Å². The molecule has 9 heteroatoms. The molecule has 0 aliphatic rings. The first-order chi connectivity index (χ1) is 12.6. The molecule has 0 aliphatic carbocycles. The lowest BCUT2D eigenvalue weighted by Gasteiger charge is -2.07. The van der Waals surface area contributed by atoms with Crippen LogP contribution >= 0.6 is 39.0 Å². The smallest absolute Gasteiger partial charge is 0.275 e. The van der Waals surface area contributed by atoms with Crippen molar-refractivity contribution in [2.24, 2.45) is 0 Å². The number of imidazole rings is 1. The van der Waals surface area contributed by atoms with Gasteiger partial charge in [-0.3, -0.25) is 9.36 Å². The molecule has 0 aliphatic heterocycles. The van der Waals surface area contributed by atoms with Crippen molar-refractivity contribution in [1.82, 2.24) is 24.1 Å². The molecule has 4 rings (SSSR count). The number of hydrogen-bond donors (Lipinski definition) is 0. The maximum Gasteiger partial charge on any atom is 0.275 e. The van der Waals surface area contributed by atoms with Crippen molar-refractivity contribution in [3.05, 3.63) is 68.3 Å². The highest BCUT2D eigenvalue weighted by molar-refractivity contribution is 9.10. The summed E-state index contributed by atoms with van der Waals surface area (Å²) in [5.41, 5.74) is 1.63. The molecular formula is C17H14BrN5OS2. The molecule has 0 bridgehead atoms. The zero-order chi connectivity index (χ0) is 18.1. The Morgan fingerprint density at radius 3 is 2.85 bits per heavy atom. The van der Waals surface area contributed by atoms with Gasteiger partial charge in [0, 0.05) is 34.4 Å². The van der Waals surface area contributed by atoms with E-state index in [2.05, 4.69) is 31.0 Å². The van der Waals surface area contributed by atoms with E-state index in [0.717, 1.165) is 32.4 Å². The first-order valence-corrected chi connectivity index (χ1v) is 10.5. The van der Waals surface area contributed by atoms with Crippen LogP contribution in [0.1, 0.15) is 17.6 Å². The molecule has 3 heterocycles. The Balaban J connectivity index is 1.58. The third-order valence-electron chi connectivity index (χ3n) is 3.70. The van der Waals surface area contributed by atoms with Gasteiger partial charge < -0.3 is 0 Å². The number of nitrogens with zero attached hydrogens (tertiary/aromatic N) is 5. The average Bonchev–Trinajstić information content (AvgIpc) is 3.27. The normalized spacial score (nSPS) is 11.3. The summed E-state index contributed by atoms with van der Waals surface area (Å²) in [5.74, 6) is 0.568. The van der Waals surface area contributed by atoms with Crippen molar-refractivity contribution in [2.75, 3.05) is 0 Å². The molecule has 6 nitrogen and oxygen atoms in total. The van der Waals surface area contributed by atoms with E-state index in [0.29, 0.717) is 10.7 Å². The second-order valence-electron chi connectivity index (χ2n) is 5.47. The Hall–Kier alpha value is -1.97. The fourth-order valence-electron chi connectivity index (χ4n) is 2.45. The van der Waals surface area contributed by atoms with Gasteiger partial charge in [0.05, 0.1) is 5.69 Å². The summed E-state index contributed by atoms with van der Waals surface area (Å²) in [6, 6.07) is 9.59. The number of benzene rings is 1. The maximum absolute atomic E-state index is 12.2. The summed E-state index contributed by atoms with van der Waals surface area (Å²) in [5, 5.41) is 6.04. The largest absolute Gasteiger partial charge is 0.295 e. The number of fused-ring (bicyclic) bond motifs is 1. The van der Waals surface area contributed by atoms with E-state index in [1.807, 2.05) is 42.0 Å². The van der Waals surface area contributed by atoms with Gasteiger partial charge in [0.1, 0.15) is 5.01 Å². The van der Waals surface area contributed by atoms with Crippen LogP contribution in [0, 0.1) is 0 Å². The first-order valence-electron chi connectivity index (χ1n) is 7.95. The second-order valence-corrected chi connectivity index (χ2v) is 8.37. The minimum atomic E-state index is -0.141. The van der Waals surface area contributed by atoms with E-state index in [1.54, 1.807) is 24.0 Å². The zero-order valence-corrected chi connectivity index (χ0v) is 17.0. The Bertz CT molecular complexity index is 1120. The molecule has 0 radical (unpaired) electrons. The molecule has 1 aromatic carbocycles. The zero-order valence-electron chi connectivity index (χ0n) is 13.8. The van der Waals surface area contributed by atoms with Crippen molar-refractivity contribution in [2.45, 2.75) is 24.3 Å². The second kappa shape index (κ2) is 7.34. The van der Waals surface area contributed by atoms with Gasteiger partial charge in [-0.05, 0) is 30.7 Å². The van der Waals surface area contributed by atoms with E-state index in [-0.39, 0.29) is 5.56 Å². The van der Waals surface area contributed by atoms with E-state index >= 15 is 0 Å². The molecule has 4 aromatic rings. The minimum Gasteiger partial charge on any atom is -0.295 e. The lowest BCUT2D eigenvalue weighted by atomic mass is 10.3. The van der Waals surface area contributed by atoms with Crippen LogP contribution in [0.15, 0.2) is 57.1 Å². The average molecular weight is 448 g/mol. The molecule has 26 heavy (non-hydrogen) atoms. The molecule has 0 saturated heterocycles. The molecule has 3 aromatic heterocycles. The monoisotopic (exact) mass is 447 g/mol. The van der Waals surface area contributed by atoms with Crippen LogP contribution in [-0.2, 0) is 12.2 Å². The van der Waals surface area contributed by atoms with Crippen molar-refractivity contribution >= 4 is 44.0 Å². The van der Waals surface area contributed by atoms with Gasteiger partial charge in [0.15, 0.2) is 5.16 Å². The Morgan fingerprint density at radius 1 is 1.27 bits per heavy atom. The van der Waals surface area contributed by atoms with E-state index in [9.17, 15) is 4.79 Å². The van der Waals surface area contributed by atoms with Gasteiger partial charge in [0.25, 0.3) is 5.56 Å². The summed E-state index contributed by atoms with van der Waals surface area (Å²) in [6.07, 6.45) is 4.49. The molecule has 0 amide bonds.